The first-order valence-corrected chi connectivity index (χ1v) is 7.62. The van der Waals surface area contributed by atoms with Crippen LogP contribution in [-0.2, 0) is 17.8 Å². The number of carbonyl (C=O) groups is 1. The van der Waals surface area contributed by atoms with Gasteiger partial charge in [-0.3, -0.25) is 9.79 Å². The van der Waals surface area contributed by atoms with Crippen molar-refractivity contribution in [3.63, 3.8) is 0 Å². The van der Waals surface area contributed by atoms with Gasteiger partial charge in [-0.25, -0.2) is 0 Å². The molecule has 134 valence electrons. The Morgan fingerprint density at radius 3 is 2.42 bits per heavy atom. The number of nitrogens with two attached hydrogens (primary N) is 2. The fourth-order valence-electron chi connectivity index (χ4n) is 2.69. The van der Waals surface area contributed by atoms with E-state index in [0.717, 1.165) is 17.7 Å². The lowest BCUT2D eigenvalue weighted by atomic mass is 9.98. The van der Waals surface area contributed by atoms with Crippen LogP contribution >= 0.6 is 24.0 Å². The number of benzene rings is 1. The van der Waals surface area contributed by atoms with Crippen molar-refractivity contribution in [1.82, 2.24) is 4.90 Å². The van der Waals surface area contributed by atoms with Crippen LogP contribution in [-0.4, -0.2) is 44.1 Å². The number of carbonyl (C=O) groups excluding carboxylic acids is 1. The minimum atomic E-state index is 0. The van der Waals surface area contributed by atoms with Crippen molar-refractivity contribution in [2.75, 3.05) is 27.3 Å². The van der Waals surface area contributed by atoms with Crippen molar-refractivity contribution in [1.29, 1.82) is 0 Å². The van der Waals surface area contributed by atoms with Gasteiger partial charge in [0.25, 0.3) is 0 Å². The summed E-state index contributed by atoms with van der Waals surface area (Å²) in [5.41, 5.74) is 12.8. The van der Waals surface area contributed by atoms with Gasteiger partial charge < -0.3 is 25.8 Å². The molecule has 0 unspecified atom stereocenters. The van der Waals surface area contributed by atoms with Gasteiger partial charge in [0.2, 0.25) is 5.91 Å². The number of rotatable bonds is 6. The van der Waals surface area contributed by atoms with E-state index in [1.165, 1.54) is 5.56 Å². The second-order valence-electron chi connectivity index (χ2n) is 5.45. The molecule has 0 atom stereocenters. The molecule has 7 nitrogen and oxygen atoms in total. The summed E-state index contributed by atoms with van der Waals surface area (Å²) < 4.78 is 10.7. The third-order valence-electron chi connectivity index (χ3n) is 3.91. The normalized spacial score (nSPS) is 12.7. The molecular weight excluding hydrogens is 423 g/mol. The topological polar surface area (TPSA) is 103 Å². The van der Waals surface area contributed by atoms with E-state index in [-0.39, 0.29) is 35.8 Å². The third kappa shape index (κ3) is 5.15. The molecule has 0 bridgehead atoms. The number of ether oxygens (including phenoxy) is 2. The van der Waals surface area contributed by atoms with Crippen molar-refractivity contribution in [2.24, 2.45) is 16.5 Å². The number of methoxy groups -OCH3 is 2. The summed E-state index contributed by atoms with van der Waals surface area (Å²) >= 11 is 0. The van der Waals surface area contributed by atoms with Crippen LogP contribution in [0.25, 0.3) is 0 Å². The number of guanidine groups is 1. The Balaban J connectivity index is 0.00000288. The smallest absolute Gasteiger partial charge is 0.222 e. The minimum absolute atomic E-state index is 0. The monoisotopic (exact) mass is 448 g/mol. The van der Waals surface area contributed by atoms with E-state index < -0.39 is 0 Å². The van der Waals surface area contributed by atoms with Crippen LogP contribution in [0.5, 0.6) is 11.5 Å². The molecule has 1 aromatic rings. The van der Waals surface area contributed by atoms with Crippen molar-refractivity contribution in [3.8, 4) is 11.5 Å². The Hall–Kier alpha value is -1.71. The molecular formula is C16H25IN4O3. The van der Waals surface area contributed by atoms with Gasteiger partial charge in [0.15, 0.2) is 17.5 Å². The molecule has 24 heavy (non-hydrogen) atoms. The lowest BCUT2D eigenvalue weighted by molar-refractivity contribution is -0.132. The van der Waals surface area contributed by atoms with Crippen LogP contribution in [0, 0.1) is 0 Å². The molecule has 0 aromatic heterocycles. The average molecular weight is 448 g/mol. The maximum Gasteiger partial charge on any atom is 0.222 e. The summed E-state index contributed by atoms with van der Waals surface area (Å²) in [5, 5.41) is 0. The molecule has 1 amide bonds. The Bertz CT molecular complexity index is 603. The first-order chi connectivity index (χ1) is 11.0. The van der Waals surface area contributed by atoms with E-state index in [2.05, 4.69) is 4.99 Å². The first kappa shape index (κ1) is 20.3. The Kier molecular flexibility index (Phi) is 8.09. The Morgan fingerprint density at radius 1 is 1.21 bits per heavy atom. The highest BCUT2D eigenvalue weighted by Gasteiger charge is 2.22. The highest BCUT2D eigenvalue weighted by molar-refractivity contribution is 14.0. The van der Waals surface area contributed by atoms with E-state index in [4.69, 9.17) is 20.9 Å². The largest absolute Gasteiger partial charge is 0.493 e. The molecule has 0 saturated heterocycles. The minimum Gasteiger partial charge on any atom is -0.493 e. The molecule has 1 aliphatic rings. The fraction of sp³-hybridized carbons (Fsp3) is 0.500. The summed E-state index contributed by atoms with van der Waals surface area (Å²) in [7, 11) is 3.24. The number of halogens is 1. The first-order valence-electron chi connectivity index (χ1n) is 7.62. The average Bonchev–Trinajstić information content (AvgIpc) is 2.56. The van der Waals surface area contributed by atoms with Crippen molar-refractivity contribution in [2.45, 2.75) is 25.8 Å². The third-order valence-corrected chi connectivity index (χ3v) is 3.91. The van der Waals surface area contributed by atoms with Gasteiger partial charge in [-0.1, -0.05) is 0 Å². The van der Waals surface area contributed by atoms with Crippen molar-refractivity contribution < 1.29 is 14.3 Å². The van der Waals surface area contributed by atoms with E-state index in [1.807, 2.05) is 17.0 Å². The van der Waals surface area contributed by atoms with Gasteiger partial charge in [-0.2, -0.15) is 0 Å². The summed E-state index contributed by atoms with van der Waals surface area (Å²) in [6.45, 7) is 1.78. The highest BCUT2D eigenvalue weighted by Crippen LogP contribution is 2.33. The maximum atomic E-state index is 12.3. The predicted octanol–water partition coefficient (Wildman–Crippen LogP) is 1.26. The number of amides is 1. The molecule has 8 heteroatoms. The van der Waals surface area contributed by atoms with Crippen LogP contribution in [0.1, 0.15) is 24.0 Å². The molecule has 1 aliphatic heterocycles. The Morgan fingerprint density at radius 2 is 1.83 bits per heavy atom. The van der Waals surface area contributed by atoms with Gasteiger partial charge in [0, 0.05) is 26.1 Å². The van der Waals surface area contributed by atoms with E-state index in [0.29, 0.717) is 38.2 Å². The van der Waals surface area contributed by atoms with E-state index in [1.54, 1.807) is 14.2 Å². The summed E-state index contributed by atoms with van der Waals surface area (Å²) in [6.07, 6.45) is 1.90. The van der Waals surface area contributed by atoms with Crippen LogP contribution < -0.4 is 20.9 Å². The number of nitrogens with zero attached hydrogens (tertiary/aromatic N) is 2. The number of aliphatic imine (C=N–C) groups is 1. The molecule has 4 N–H and O–H groups in total. The quantitative estimate of drug-likeness (QED) is 0.295. The van der Waals surface area contributed by atoms with Gasteiger partial charge in [-0.15, -0.1) is 24.0 Å². The molecule has 2 rings (SSSR count). The molecule has 1 heterocycles. The molecule has 0 radical (unpaired) electrons. The predicted molar refractivity (Wildman–Crippen MR) is 104 cm³/mol. The van der Waals surface area contributed by atoms with Gasteiger partial charge in [-0.05, 0) is 36.1 Å². The molecule has 1 aromatic carbocycles. The summed E-state index contributed by atoms with van der Waals surface area (Å²) in [5.74, 6) is 1.60. The fourth-order valence-corrected chi connectivity index (χ4v) is 2.69. The number of hydrogen-bond acceptors (Lipinski definition) is 4. The molecule has 0 fully saturated rings. The van der Waals surface area contributed by atoms with Gasteiger partial charge >= 0.3 is 0 Å². The number of hydrogen-bond donors (Lipinski definition) is 2. The molecule has 0 aliphatic carbocycles. The second kappa shape index (κ2) is 9.55. The zero-order valence-electron chi connectivity index (χ0n) is 14.1. The maximum absolute atomic E-state index is 12.3. The molecule has 0 saturated carbocycles. The number of fused-ring (bicyclic) bond motifs is 1. The van der Waals surface area contributed by atoms with Crippen LogP contribution in [0.4, 0.5) is 0 Å². The van der Waals surface area contributed by atoms with Gasteiger partial charge in [0.05, 0.1) is 14.2 Å². The zero-order chi connectivity index (χ0) is 16.8. The van der Waals surface area contributed by atoms with E-state index in [9.17, 15) is 4.79 Å². The Labute approximate surface area is 159 Å². The van der Waals surface area contributed by atoms with Crippen LogP contribution in [0.3, 0.4) is 0 Å². The van der Waals surface area contributed by atoms with E-state index >= 15 is 0 Å². The van der Waals surface area contributed by atoms with Gasteiger partial charge in [0.1, 0.15) is 0 Å². The van der Waals surface area contributed by atoms with Crippen LogP contribution in [0.15, 0.2) is 17.1 Å². The summed E-state index contributed by atoms with van der Waals surface area (Å²) in [4.78, 5) is 18.0. The standard InChI is InChI=1S/C16H24N4O3.HI/c1-22-13-8-11-5-7-20(10-12(11)9-14(13)23-2)15(21)4-3-6-19-16(17)18;/h8-9H,3-7,10H2,1-2H3,(H4,17,18,19);1H. The lowest BCUT2D eigenvalue weighted by Crippen LogP contribution is -2.36. The second-order valence-corrected chi connectivity index (χ2v) is 5.45. The highest BCUT2D eigenvalue weighted by atomic mass is 127. The zero-order valence-corrected chi connectivity index (χ0v) is 16.4. The molecule has 0 spiro atoms. The van der Waals surface area contributed by atoms with Crippen molar-refractivity contribution in [3.05, 3.63) is 23.3 Å². The van der Waals surface area contributed by atoms with Crippen LogP contribution in [0.2, 0.25) is 0 Å². The summed E-state index contributed by atoms with van der Waals surface area (Å²) in [6, 6.07) is 3.95. The van der Waals surface area contributed by atoms with Crippen molar-refractivity contribution >= 4 is 35.8 Å². The lowest BCUT2D eigenvalue weighted by Gasteiger charge is -2.29. The SMILES string of the molecule is COc1cc2c(cc1OC)CN(C(=O)CCCN=C(N)N)CC2.I.